The van der Waals surface area contributed by atoms with E-state index in [-0.39, 0.29) is 17.8 Å². The van der Waals surface area contributed by atoms with Crippen LogP contribution in [0.3, 0.4) is 0 Å². The van der Waals surface area contributed by atoms with E-state index in [9.17, 15) is 4.79 Å². The Hall–Kier alpha value is -2.99. The molecule has 1 amide bonds. The van der Waals surface area contributed by atoms with Gasteiger partial charge in [0, 0.05) is 41.6 Å². The summed E-state index contributed by atoms with van der Waals surface area (Å²) in [6, 6.07) is 12.2. The van der Waals surface area contributed by atoms with Gasteiger partial charge < -0.3 is 10.6 Å². The minimum absolute atomic E-state index is 0.0499. The van der Waals surface area contributed by atoms with Crippen LogP contribution in [0.15, 0.2) is 42.6 Å². The van der Waals surface area contributed by atoms with Gasteiger partial charge in [-0.05, 0) is 62.4 Å². The van der Waals surface area contributed by atoms with Gasteiger partial charge in [0.1, 0.15) is 0 Å². The number of nitrogens with zero attached hydrogens (tertiary/aromatic N) is 4. The SMILES string of the molecule is Cc1cc(Cc2ccccc2Cl)cc([C@@H]2CCCN(C(=O)c3cnc(N)nc3C)C2)n1. The number of pyridine rings is 1. The fraction of sp³-hybridized carbons (Fsp3) is 0.333. The number of halogens is 1. The van der Waals surface area contributed by atoms with Crippen molar-refractivity contribution < 1.29 is 4.79 Å². The number of hydrogen-bond acceptors (Lipinski definition) is 5. The third-order valence-corrected chi connectivity index (χ3v) is 6.11. The lowest BCUT2D eigenvalue weighted by molar-refractivity contribution is 0.0704. The van der Waals surface area contributed by atoms with Crippen LogP contribution in [-0.4, -0.2) is 38.8 Å². The molecule has 0 bridgehead atoms. The van der Waals surface area contributed by atoms with Crippen LogP contribution in [0.5, 0.6) is 0 Å². The second-order valence-corrected chi connectivity index (χ2v) is 8.53. The van der Waals surface area contributed by atoms with Gasteiger partial charge in [0.15, 0.2) is 0 Å². The Morgan fingerprint density at radius 1 is 1.23 bits per heavy atom. The molecule has 4 rings (SSSR count). The average molecular weight is 436 g/mol. The zero-order chi connectivity index (χ0) is 22.0. The molecule has 0 unspecified atom stereocenters. The van der Waals surface area contributed by atoms with Crippen LogP contribution in [0.4, 0.5) is 5.95 Å². The Bertz CT molecular complexity index is 1120. The number of piperidine rings is 1. The number of hydrogen-bond donors (Lipinski definition) is 1. The largest absolute Gasteiger partial charge is 0.368 e. The summed E-state index contributed by atoms with van der Waals surface area (Å²) in [4.78, 5) is 27.9. The van der Waals surface area contributed by atoms with E-state index in [0.29, 0.717) is 17.8 Å². The minimum atomic E-state index is -0.0499. The van der Waals surface area contributed by atoms with E-state index in [0.717, 1.165) is 47.8 Å². The van der Waals surface area contributed by atoms with Crippen molar-refractivity contribution in [2.75, 3.05) is 18.8 Å². The quantitative estimate of drug-likeness (QED) is 0.659. The molecule has 1 aliphatic heterocycles. The fourth-order valence-corrected chi connectivity index (χ4v) is 4.41. The molecule has 160 valence electrons. The molecule has 0 saturated carbocycles. The average Bonchev–Trinajstić information content (AvgIpc) is 2.75. The number of amides is 1. The number of rotatable bonds is 4. The van der Waals surface area contributed by atoms with Crippen molar-refractivity contribution in [2.24, 2.45) is 0 Å². The summed E-state index contributed by atoms with van der Waals surface area (Å²) in [6.07, 6.45) is 4.22. The first-order chi connectivity index (χ1) is 14.9. The molecule has 1 aliphatic rings. The fourth-order valence-electron chi connectivity index (χ4n) is 4.21. The van der Waals surface area contributed by atoms with E-state index in [1.165, 1.54) is 11.8 Å². The Morgan fingerprint density at radius 3 is 2.81 bits per heavy atom. The topological polar surface area (TPSA) is 85.0 Å². The van der Waals surface area contributed by atoms with E-state index >= 15 is 0 Å². The molecule has 1 saturated heterocycles. The molecule has 0 aliphatic carbocycles. The lowest BCUT2D eigenvalue weighted by Gasteiger charge is -2.33. The van der Waals surface area contributed by atoms with Gasteiger partial charge in [0.25, 0.3) is 5.91 Å². The Balaban J connectivity index is 1.55. The van der Waals surface area contributed by atoms with E-state index in [1.54, 1.807) is 6.92 Å². The van der Waals surface area contributed by atoms with Gasteiger partial charge in [-0.3, -0.25) is 9.78 Å². The number of nitrogen functional groups attached to an aromatic ring is 1. The summed E-state index contributed by atoms with van der Waals surface area (Å²) >= 11 is 6.36. The van der Waals surface area contributed by atoms with Crippen LogP contribution >= 0.6 is 11.6 Å². The lowest BCUT2D eigenvalue weighted by atomic mass is 9.92. The first kappa shape index (κ1) is 21.2. The van der Waals surface area contributed by atoms with Gasteiger partial charge in [0.2, 0.25) is 5.95 Å². The van der Waals surface area contributed by atoms with Crippen LogP contribution in [0.1, 0.15) is 57.3 Å². The number of likely N-dealkylation sites (tertiary alicyclic amines) is 1. The number of carbonyl (C=O) groups excluding carboxylic acids is 1. The summed E-state index contributed by atoms with van der Waals surface area (Å²) in [5, 5.41) is 0.772. The second kappa shape index (κ2) is 9.02. The van der Waals surface area contributed by atoms with Crippen molar-refractivity contribution in [1.82, 2.24) is 19.9 Å². The summed E-state index contributed by atoms with van der Waals surface area (Å²) < 4.78 is 0. The van der Waals surface area contributed by atoms with Crippen molar-refractivity contribution in [3.8, 4) is 0 Å². The van der Waals surface area contributed by atoms with Crippen LogP contribution in [-0.2, 0) is 6.42 Å². The summed E-state index contributed by atoms with van der Waals surface area (Å²) in [7, 11) is 0. The Labute approximate surface area is 187 Å². The predicted molar refractivity (Wildman–Crippen MR) is 122 cm³/mol. The van der Waals surface area contributed by atoms with E-state index < -0.39 is 0 Å². The first-order valence-corrected chi connectivity index (χ1v) is 10.9. The number of benzene rings is 1. The predicted octanol–water partition coefficient (Wildman–Crippen LogP) is 4.33. The van der Waals surface area contributed by atoms with Gasteiger partial charge in [-0.2, -0.15) is 0 Å². The molecule has 31 heavy (non-hydrogen) atoms. The van der Waals surface area contributed by atoms with Gasteiger partial charge in [0.05, 0.1) is 11.3 Å². The number of carbonyl (C=O) groups is 1. The number of anilines is 1. The monoisotopic (exact) mass is 435 g/mol. The molecule has 2 N–H and O–H groups in total. The normalized spacial score (nSPS) is 16.4. The zero-order valence-electron chi connectivity index (χ0n) is 17.8. The van der Waals surface area contributed by atoms with Crippen LogP contribution < -0.4 is 5.73 Å². The van der Waals surface area contributed by atoms with Crippen molar-refractivity contribution in [1.29, 1.82) is 0 Å². The maximum atomic E-state index is 13.1. The van der Waals surface area contributed by atoms with Gasteiger partial charge in [-0.1, -0.05) is 29.8 Å². The van der Waals surface area contributed by atoms with Crippen LogP contribution in [0, 0.1) is 13.8 Å². The Morgan fingerprint density at radius 2 is 2.03 bits per heavy atom. The van der Waals surface area contributed by atoms with E-state index in [4.69, 9.17) is 22.3 Å². The van der Waals surface area contributed by atoms with E-state index in [1.807, 2.05) is 30.0 Å². The van der Waals surface area contributed by atoms with Gasteiger partial charge in [-0.25, -0.2) is 9.97 Å². The molecule has 2 aromatic heterocycles. The maximum absolute atomic E-state index is 13.1. The second-order valence-electron chi connectivity index (χ2n) is 8.13. The van der Waals surface area contributed by atoms with Crippen molar-refractivity contribution >= 4 is 23.5 Å². The van der Waals surface area contributed by atoms with Crippen molar-refractivity contribution in [3.63, 3.8) is 0 Å². The van der Waals surface area contributed by atoms with Crippen LogP contribution in [0.25, 0.3) is 0 Å². The van der Waals surface area contributed by atoms with Gasteiger partial charge in [-0.15, -0.1) is 0 Å². The molecule has 7 heteroatoms. The maximum Gasteiger partial charge on any atom is 0.257 e. The summed E-state index contributed by atoms with van der Waals surface area (Å²) in [5.41, 5.74) is 11.0. The standard InChI is InChI=1S/C24H26ClN5O/c1-15-10-17(11-18-6-3-4-8-21(18)25)12-22(28-15)19-7-5-9-30(14-19)23(31)20-13-27-24(26)29-16(20)2/h3-4,6,8,10,12-13,19H,5,7,9,11,14H2,1-2H3,(H2,26,27,29)/t19-/m1/s1. The molecular formula is C24H26ClN5O. The molecule has 1 atom stereocenters. The summed E-state index contributed by atoms with van der Waals surface area (Å²) in [5.74, 6) is 0.323. The highest BCUT2D eigenvalue weighted by Gasteiger charge is 2.28. The highest BCUT2D eigenvalue weighted by molar-refractivity contribution is 6.31. The third-order valence-electron chi connectivity index (χ3n) is 5.74. The molecule has 0 radical (unpaired) electrons. The molecule has 6 nitrogen and oxygen atoms in total. The molecular weight excluding hydrogens is 410 g/mol. The molecule has 3 heterocycles. The van der Waals surface area contributed by atoms with Crippen molar-refractivity contribution in [2.45, 2.75) is 39.0 Å². The Kier molecular flexibility index (Phi) is 6.18. The first-order valence-electron chi connectivity index (χ1n) is 10.5. The number of nitrogens with two attached hydrogens (primary N) is 1. The highest BCUT2D eigenvalue weighted by atomic mass is 35.5. The summed E-state index contributed by atoms with van der Waals surface area (Å²) in [6.45, 7) is 5.15. The minimum Gasteiger partial charge on any atom is -0.368 e. The molecule has 0 spiro atoms. The third kappa shape index (κ3) is 4.85. The molecule has 3 aromatic rings. The zero-order valence-corrected chi connectivity index (χ0v) is 18.6. The number of aryl methyl sites for hydroxylation is 2. The lowest BCUT2D eigenvalue weighted by Crippen LogP contribution is -2.39. The number of aromatic nitrogens is 3. The van der Waals surface area contributed by atoms with E-state index in [2.05, 4.69) is 28.2 Å². The van der Waals surface area contributed by atoms with Crippen molar-refractivity contribution in [3.05, 3.63) is 81.4 Å². The van der Waals surface area contributed by atoms with Crippen LogP contribution in [0.2, 0.25) is 5.02 Å². The highest BCUT2D eigenvalue weighted by Crippen LogP contribution is 2.29. The molecule has 1 fully saturated rings. The van der Waals surface area contributed by atoms with Gasteiger partial charge >= 0.3 is 0 Å². The molecule has 1 aromatic carbocycles. The smallest absolute Gasteiger partial charge is 0.257 e.